The van der Waals surface area contributed by atoms with Crippen molar-refractivity contribution in [3.05, 3.63) is 82.7 Å². The summed E-state index contributed by atoms with van der Waals surface area (Å²) in [5.41, 5.74) is 11.6. The summed E-state index contributed by atoms with van der Waals surface area (Å²) in [4.78, 5) is 9.04. The summed E-state index contributed by atoms with van der Waals surface area (Å²) in [5.74, 6) is 0. The van der Waals surface area contributed by atoms with Crippen molar-refractivity contribution >= 4 is 31.6 Å². The molecule has 0 saturated carbocycles. The zero-order chi connectivity index (χ0) is 21.9. The molecule has 0 bridgehead atoms. The second-order valence-corrected chi connectivity index (χ2v) is 9.37. The van der Waals surface area contributed by atoms with Gasteiger partial charge >= 0.3 is 0 Å². The maximum absolute atomic E-state index is 8.22. The Bertz CT molecular complexity index is 1450. The lowest BCUT2D eigenvalue weighted by molar-refractivity contribution is 1.23. The van der Waals surface area contributed by atoms with Gasteiger partial charge in [0.1, 0.15) is 7.67 Å². The van der Waals surface area contributed by atoms with Crippen LogP contribution >= 0.6 is 11.3 Å². The van der Waals surface area contributed by atoms with E-state index in [1.165, 1.54) is 43.6 Å². The highest BCUT2D eigenvalue weighted by molar-refractivity contribution is 7.26. The van der Waals surface area contributed by atoms with Crippen LogP contribution in [-0.2, 0) is 0 Å². The lowest BCUT2D eigenvalue weighted by Gasteiger charge is -2.11. The summed E-state index contributed by atoms with van der Waals surface area (Å²) >= 11 is 1.72. The smallest absolute Gasteiger partial charge is 0.116 e. The molecule has 5 rings (SSSR count). The zero-order valence-electron chi connectivity index (χ0n) is 18.9. The van der Waals surface area contributed by atoms with Crippen molar-refractivity contribution < 1.29 is 1.37 Å². The molecule has 3 heteroatoms. The summed E-state index contributed by atoms with van der Waals surface area (Å²) in [6.07, 6.45) is 0.0654. The van der Waals surface area contributed by atoms with Crippen molar-refractivity contribution in [2.45, 2.75) is 34.6 Å². The second-order valence-electron chi connectivity index (χ2n) is 8.31. The number of thiophene rings is 1. The zero-order valence-corrected chi connectivity index (χ0v) is 18.7. The maximum atomic E-state index is 8.22. The second kappa shape index (κ2) is 7.03. The van der Waals surface area contributed by atoms with Gasteiger partial charge in [0.15, 0.2) is 0 Å². The molecule has 5 aromatic rings. The monoisotopic (exact) mass is 409 g/mol. The average molecular weight is 410 g/mol. The maximum Gasteiger partial charge on any atom is 0.116 e. The van der Waals surface area contributed by atoms with E-state index in [0.717, 1.165) is 26.9 Å². The van der Waals surface area contributed by atoms with Gasteiger partial charge in [-0.15, -0.1) is 11.3 Å². The van der Waals surface area contributed by atoms with Gasteiger partial charge in [-0.2, -0.15) is 0 Å². The third-order valence-electron chi connectivity index (χ3n) is 5.66. The SMILES string of the molecule is [2H]c1nc(-c2cc(C)cc(C)c2)c2sc3cc(-c4c(C)cc(C)cc4C)ccc3c2n1. The van der Waals surface area contributed by atoms with Crippen molar-refractivity contribution in [1.82, 2.24) is 9.97 Å². The Balaban J connectivity index is 1.77. The minimum absolute atomic E-state index is 0.0654. The topological polar surface area (TPSA) is 25.8 Å². The third kappa shape index (κ3) is 3.10. The number of nitrogens with zero attached hydrogens (tertiary/aromatic N) is 2. The Hall–Kier alpha value is -3.04. The normalized spacial score (nSPS) is 12.0. The molecule has 0 spiro atoms. The van der Waals surface area contributed by atoms with Crippen molar-refractivity contribution in [1.29, 1.82) is 0 Å². The summed E-state index contributed by atoms with van der Waals surface area (Å²) in [6, 6.07) is 17.5. The molecule has 148 valence electrons. The number of rotatable bonds is 2. The van der Waals surface area contributed by atoms with Crippen LogP contribution in [0.15, 0.2) is 54.8 Å². The predicted octanol–water partition coefficient (Wildman–Crippen LogP) is 7.72. The molecule has 0 amide bonds. The van der Waals surface area contributed by atoms with Crippen LogP contribution in [0.4, 0.5) is 0 Å². The highest BCUT2D eigenvalue weighted by Crippen LogP contribution is 2.40. The first-order valence-electron chi connectivity index (χ1n) is 10.7. The third-order valence-corrected chi connectivity index (χ3v) is 6.81. The van der Waals surface area contributed by atoms with Gasteiger partial charge in [-0.1, -0.05) is 47.0 Å². The minimum atomic E-state index is 0.0654. The summed E-state index contributed by atoms with van der Waals surface area (Å²) in [6.45, 7) is 10.7. The van der Waals surface area contributed by atoms with Crippen LogP contribution in [0.5, 0.6) is 0 Å². The van der Waals surface area contributed by atoms with Crippen LogP contribution in [0, 0.1) is 34.6 Å². The van der Waals surface area contributed by atoms with Gasteiger partial charge in [0.25, 0.3) is 0 Å². The van der Waals surface area contributed by atoms with E-state index >= 15 is 0 Å². The number of benzene rings is 3. The van der Waals surface area contributed by atoms with Gasteiger partial charge in [-0.25, -0.2) is 9.97 Å². The van der Waals surface area contributed by atoms with Gasteiger partial charge in [-0.05, 0) is 75.1 Å². The van der Waals surface area contributed by atoms with E-state index in [9.17, 15) is 0 Å². The number of fused-ring (bicyclic) bond motifs is 3. The van der Waals surface area contributed by atoms with E-state index in [1.807, 2.05) is 0 Å². The molecule has 3 aromatic carbocycles. The van der Waals surface area contributed by atoms with Crippen LogP contribution in [0.25, 0.3) is 42.7 Å². The molecule has 0 N–H and O–H groups in total. The molecule has 2 heterocycles. The first-order valence-corrected chi connectivity index (χ1v) is 11.0. The molecule has 2 nitrogen and oxygen atoms in total. The molecule has 0 aliphatic carbocycles. The molecule has 0 aliphatic rings. The predicted molar refractivity (Wildman–Crippen MR) is 129 cm³/mol. The molecule has 0 aliphatic heterocycles. The summed E-state index contributed by atoms with van der Waals surface area (Å²) in [7, 11) is 0. The first-order chi connectivity index (χ1) is 14.8. The van der Waals surface area contributed by atoms with Crippen molar-refractivity contribution in [2.24, 2.45) is 0 Å². The summed E-state index contributed by atoms with van der Waals surface area (Å²) in [5, 5.41) is 1.09. The summed E-state index contributed by atoms with van der Waals surface area (Å²) < 4.78 is 10.4. The van der Waals surface area contributed by atoms with Crippen LogP contribution in [0.1, 0.15) is 29.2 Å². The van der Waals surface area contributed by atoms with Crippen LogP contribution in [-0.4, -0.2) is 9.97 Å². The number of aromatic nitrogens is 2. The molecule has 0 radical (unpaired) electrons. The highest BCUT2D eigenvalue weighted by atomic mass is 32.1. The number of hydrogen-bond acceptors (Lipinski definition) is 3. The van der Waals surface area contributed by atoms with Crippen molar-refractivity contribution in [3.8, 4) is 22.4 Å². The quantitative estimate of drug-likeness (QED) is 0.298. The molecular weight excluding hydrogens is 384 g/mol. The van der Waals surface area contributed by atoms with Crippen LogP contribution in [0.2, 0.25) is 0 Å². The van der Waals surface area contributed by atoms with Crippen molar-refractivity contribution in [3.63, 3.8) is 0 Å². The minimum Gasteiger partial charge on any atom is -0.235 e. The Kier molecular flexibility index (Phi) is 4.17. The van der Waals surface area contributed by atoms with Gasteiger partial charge in [0.05, 0.1) is 15.9 Å². The fraction of sp³-hybridized carbons (Fsp3) is 0.185. The molecule has 0 unspecified atom stereocenters. The first kappa shape index (κ1) is 17.8. The van der Waals surface area contributed by atoms with E-state index < -0.39 is 0 Å². The van der Waals surface area contributed by atoms with Crippen LogP contribution in [0.3, 0.4) is 0 Å². The standard InChI is InChI=1S/C27H24N2S/c1-15-8-16(2)12-21(11-15)25-27-26(29-14-28-25)22-7-6-20(13-23(22)30-27)24-18(4)9-17(3)10-19(24)5/h6-14H,1-5H3/i14D. The molecular formula is C27H24N2S. The Morgan fingerprint density at radius 3 is 2.10 bits per heavy atom. The largest absolute Gasteiger partial charge is 0.235 e. The molecule has 0 fully saturated rings. The molecule has 2 aromatic heterocycles. The molecule has 0 saturated heterocycles. The van der Waals surface area contributed by atoms with E-state index in [-0.39, 0.29) is 6.30 Å². The van der Waals surface area contributed by atoms with E-state index in [2.05, 4.69) is 93.1 Å². The van der Waals surface area contributed by atoms with E-state index in [1.54, 1.807) is 11.3 Å². The lowest BCUT2D eigenvalue weighted by Crippen LogP contribution is -1.90. The molecule has 0 atom stereocenters. The Morgan fingerprint density at radius 1 is 0.733 bits per heavy atom. The van der Waals surface area contributed by atoms with Crippen molar-refractivity contribution in [2.75, 3.05) is 0 Å². The fourth-order valence-electron chi connectivity index (χ4n) is 4.63. The number of aryl methyl sites for hydroxylation is 5. The van der Waals surface area contributed by atoms with Gasteiger partial charge in [0, 0.05) is 15.6 Å². The average Bonchev–Trinajstić information content (AvgIpc) is 3.03. The fourth-order valence-corrected chi connectivity index (χ4v) is 5.82. The Labute approximate surface area is 182 Å². The van der Waals surface area contributed by atoms with Gasteiger partial charge in [-0.3, -0.25) is 0 Å². The lowest BCUT2D eigenvalue weighted by atomic mass is 9.93. The van der Waals surface area contributed by atoms with E-state index in [4.69, 9.17) is 1.37 Å². The highest BCUT2D eigenvalue weighted by Gasteiger charge is 2.15. The molecule has 30 heavy (non-hydrogen) atoms. The van der Waals surface area contributed by atoms with Crippen LogP contribution < -0.4 is 0 Å². The van der Waals surface area contributed by atoms with Gasteiger partial charge < -0.3 is 0 Å². The number of hydrogen-bond donors (Lipinski definition) is 0. The van der Waals surface area contributed by atoms with E-state index in [0.29, 0.717) is 0 Å². The van der Waals surface area contributed by atoms with Gasteiger partial charge in [0.2, 0.25) is 0 Å². The Morgan fingerprint density at radius 2 is 1.40 bits per heavy atom.